The summed E-state index contributed by atoms with van der Waals surface area (Å²) >= 11 is 5.84. The molecule has 0 radical (unpaired) electrons. The van der Waals surface area contributed by atoms with Crippen molar-refractivity contribution in [2.45, 2.75) is 24.9 Å². The Kier molecular flexibility index (Phi) is 4.77. The molecule has 0 saturated carbocycles. The maximum absolute atomic E-state index is 13.1. The number of carbonyl (C=O) groups is 1. The Bertz CT molecular complexity index is 430. The Morgan fingerprint density at radius 2 is 1.95 bits per heavy atom. The molecule has 1 aromatic carbocycles. The van der Waals surface area contributed by atoms with Crippen LogP contribution < -0.4 is 5.73 Å². The highest BCUT2D eigenvalue weighted by Crippen LogP contribution is 2.22. The first-order chi connectivity index (χ1) is 9.06. The van der Waals surface area contributed by atoms with Gasteiger partial charge in [0.15, 0.2) is 0 Å². The van der Waals surface area contributed by atoms with Gasteiger partial charge in [0.25, 0.3) is 0 Å². The number of hydrogen-bond donors (Lipinski definition) is 1. The van der Waals surface area contributed by atoms with Crippen LogP contribution >= 0.6 is 11.6 Å². The van der Waals surface area contributed by atoms with E-state index in [-0.39, 0.29) is 11.8 Å². The number of primary amides is 1. The zero-order chi connectivity index (χ0) is 13.8. The van der Waals surface area contributed by atoms with Crippen LogP contribution in [0.25, 0.3) is 0 Å². The van der Waals surface area contributed by atoms with Crippen LogP contribution in [-0.4, -0.2) is 36.6 Å². The Hall–Kier alpha value is -1.13. The Morgan fingerprint density at radius 3 is 2.47 bits per heavy atom. The summed E-state index contributed by atoms with van der Waals surface area (Å²) in [7, 11) is 0. The molecule has 1 heterocycles. The number of alkyl halides is 1. The van der Waals surface area contributed by atoms with Gasteiger partial charge in [0.2, 0.25) is 5.91 Å². The van der Waals surface area contributed by atoms with E-state index < -0.39 is 6.17 Å². The number of piperidine rings is 1. The van der Waals surface area contributed by atoms with E-state index in [1.807, 2.05) is 12.1 Å². The van der Waals surface area contributed by atoms with Gasteiger partial charge in [-0.15, -0.1) is 0 Å². The number of nitrogens with zero attached hydrogens (tertiary/aromatic N) is 1. The minimum Gasteiger partial charge on any atom is -0.369 e. The molecule has 5 heteroatoms. The molecule has 0 bridgehead atoms. The average Bonchev–Trinajstić information content (AvgIpc) is 2.39. The number of rotatable bonds is 4. The number of nitrogens with two attached hydrogens (primary N) is 1. The van der Waals surface area contributed by atoms with Crippen LogP contribution in [0, 0.1) is 0 Å². The maximum Gasteiger partial charge on any atom is 0.226 e. The van der Waals surface area contributed by atoms with Crippen LogP contribution in [0.1, 0.15) is 24.3 Å². The van der Waals surface area contributed by atoms with Gasteiger partial charge in [0.05, 0.1) is 5.92 Å². The fourth-order valence-corrected chi connectivity index (χ4v) is 2.52. The number of benzene rings is 1. The molecule has 1 aliphatic heterocycles. The van der Waals surface area contributed by atoms with Gasteiger partial charge in [-0.2, -0.15) is 0 Å². The fourth-order valence-electron chi connectivity index (χ4n) is 2.40. The predicted molar refractivity (Wildman–Crippen MR) is 74.0 cm³/mol. The summed E-state index contributed by atoms with van der Waals surface area (Å²) in [6.07, 6.45) is 0.358. The summed E-state index contributed by atoms with van der Waals surface area (Å²) in [5.74, 6) is -0.724. The van der Waals surface area contributed by atoms with Crippen molar-refractivity contribution >= 4 is 17.5 Å². The third-order valence-electron chi connectivity index (χ3n) is 3.57. The topological polar surface area (TPSA) is 46.3 Å². The predicted octanol–water partition coefficient (Wildman–Crippen LogP) is 2.34. The van der Waals surface area contributed by atoms with E-state index >= 15 is 0 Å². The molecule has 104 valence electrons. The van der Waals surface area contributed by atoms with E-state index in [0.29, 0.717) is 37.5 Å². The quantitative estimate of drug-likeness (QED) is 0.922. The number of halogens is 2. The van der Waals surface area contributed by atoms with Crippen LogP contribution in [0.15, 0.2) is 24.3 Å². The standard InChI is InChI=1S/C14H18ClFN2O/c15-11-3-1-10(2-4-11)13(14(17)19)9-18-7-5-12(16)6-8-18/h1-4,12-13H,5-9H2,(H2,17,19)/t13-/m0/s1. The van der Waals surface area contributed by atoms with E-state index in [1.54, 1.807) is 12.1 Å². The Balaban J connectivity index is 2.04. The van der Waals surface area contributed by atoms with Gasteiger partial charge in [-0.1, -0.05) is 23.7 Å². The molecular formula is C14H18ClFN2O. The largest absolute Gasteiger partial charge is 0.369 e. The van der Waals surface area contributed by atoms with E-state index in [9.17, 15) is 9.18 Å². The summed E-state index contributed by atoms with van der Waals surface area (Å²) in [5.41, 5.74) is 6.34. The van der Waals surface area contributed by atoms with Crippen LogP contribution in [0.5, 0.6) is 0 Å². The number of carbonyl (C=O) groups excluding carboxylic acids is 1. The summed E-state index contributed by atoms with van der Waals surface area (Å²) in [4.78, 5) is 13.7. The van der Waals surface area contributed by atoms with Gasteiger partial charge in [-0.25, -0.2) is 4.39 Å². The second-order valence-electron chi connectivity index (χ2n) is 4.98. The molecule has 0 spiro atoms. The molecule has 1 amide bonds. The van der Waals surface area contributed by atoms with Crippen LogP contribution in [-0.2, 0) is 4.79 Å². The summed E-state index contributed by atoms with van der Waals surface area (Å²) in [5, 5.41) is 0.630. The molecule has 1 aromatic rings. The smallest absolute Gasteiger partial charge is 0.226 e. The lowest BCUT2D eigenvalue weighted by Gasteiger charge is -2.31. The molecule has 1 saturated heterocycles. The van der Waals surface area contributed by atoms with Crippen molar-refractivity contribution in [1.29, 1.82) is 0 Å². The minimum atomic E-state index is -0.709. The molecule has 0 aromatic heterocycles. The summed E-state index contributed by atoms with van der Waals surface area (Å²) < 4.78 is 13.1. The molecule has 3 nitrogen and oxygen atoms in total. The third-order valence-corrected chi connectivity index (χ3v) is 3.83. The highest BCUT2D eigenvalue weighted by Gasteiger charge is 2.25. The Morgan fingerprint density at radius 1 is 1.37 bits per heavy atom. The van der Waals surface area contributed by atoms with Gasteiger partial charge in [0, 0.05) is 24.7 Å². The molecule has 1 atom stereocenters. The lowest BCUT2D eigenvalue weighted by Crippen LogP contribution is -2.40. The molecule has 0 aliphatic carbocycles. The van der Waals surface area contributed by atoms with Crippen molar-refractivity contribution in [3.63, 3.8) is 0 Å². The highest BCUT2D eigenvalue weighted by molar-refractivity contribution is 6.30. The zero-order valence-electron chi connectivity index (χ0n) is 10.7. The number of hydrogen-bond acceptors (Lipinski definition) is 2. The first kappa shape index (κ1) is 14.3. The van der Waals surface area contributed by atoms with Crippen molar-refractivity contribution in [3.05, 3.63) is 34.9 Å². The van der Waals surface area contributed by atoms with Crippen LogP contribution in [0.2, 0.25) is 5.02 Å². The SMILES string of the molecule is NC(=O)[C@@H](CN1CCC(F)CC1)c1ccc(Cl)cc1. The van der Waals surface area contributed by atoms with E-state index in [0.717, 1.165) is 5.56 Å². The average molecular weight is 285 g/mol. The fraction of sp³-hybridized carbons (Fsp3) is 0.500. The summed E-state index contributed by atoms with van der Waals surface area (Å²) in [6, 6.07) is 7.14. The van der Waals surface area contributed by atoms with Gasteiger partial charge in [0.1, 0.15) is 6.17 Å². The first-order valence-electron chi connectivity index (χ1n) is 6.47. The molecule has 2 rings (SSSR count). The van der Waals surface area contributed by atoms with Crippen LogP contribution in [0.4, 0.5) is 4.39 Å². The minimum absolute atomic E-state index is 0.357. The lowest BCUT2D eigenvalue weighted by molar-refractivity contribution is -0.120. The van der Waals surface area contributed by atoms with Crippen molar-refractivity contribution in [2.75, 3.05) is 19.6 Å². The second-order valence-corrected chi connectivity index (χ2v) is 5.42. The highest BCUT2D eigenvalue weighted by atomic mass is 35.5. The molecule has 2 N–H and O–H groups in total. The van der Waals surface area contributed by atoms with Crippen molar-refractivity contribution < 1.29 is 9.18 Å². The lowest BCUT2D eigenvalue weighted by atomic mass is 9.96. The second kappa shape index (κ2) is 6.35. The normalized spacial score (nSPS) is 19.3. The molecule has 1 aliphatic rings. The van der Waals surface area contributed by atoms with Crippen LogP contribution in [0.3, 0.4) is 0 Å². The summed E-state index contributed by atoms with van der Waals surface area (Å²) in [6.45, 7) is 1.90. The number of likely N-dealkylation sites (tertiary alicyclic amines) is 1. The molecular weight excluding hydrogens is 267 g/mol. The molecule has 0 unspecified atom stereocenters. The molecule has 19 heavy (non-hydrogen) atoms. The van der Waals surface area contributed by atoms with Gasteiger partial charge >= 0.3 is 0 Å². The number of amides is 1. The monoisotopic (exact) mass is 284 g/mol. The van der Waals surface area contributed by atoms with Gasteiger partial charge in [-0.3, -0.25) is 4.79 Å². The van der Waals surface area contributed by atoms with Gasteiger partial charge < -0.3 is 10.6 Å². The van der Waals surface area contributed by atoms with Gasteiger partial charge in [-0.05, 0) is 30.5 Å². The van der Waals surface area contributed by atoms with Crippen molar-refractivity contribution in [1.82, 2.24) is 4.90 Å². The first-order valence-corrected chi connectivity index (χ1v) is 6.85. The third kappa shape index (κ3) is 3.91. The van der Waals surface area contributed by atoms with Crippen molar-refractivity contribution in [3.8, 4) is 0 Å². The maximum atomic E-state index is 13.1. The van der Waals surface area contributed by atoms with Crippen molar-refractivity contribution in [2.24, 2.45) is 5.73 Å². The molecule has 1 fully saturated rings. The Labute approximate surface area is 117 Å². The van der Waals surface area contributed by atoms with E-state index in [4.69, 9.17) is 17.3 Å². The van der Waals surface area contributed by atoms with E-state index in [1.165, 1.54) is 0 Å². The zero-order valence-corrected chi connectivity index (χ0v) is 11.4. The van der Waals surface area contributed by atoms with E-state index in [2.05, 4.69) is 4.90 Å².